The van der Waals surface area contributed by atoms with Gasteiger partial charge in [-0.1, -0.05) is 12.1 Å². The molecule has 136 valence electrons. The van der Waals surface area contributed by atoms with Crippen LogP contribution in [0.4, 0.5) is 5.69 Å². The van der Waals surface area contributed by atoms with Crippen molar-refractivity contribution in [3.8, 4) is 11.5 Å². The van der Waals surface area contributed by atoms with Crippen LogP contribution in [0.2, 0.25) is 0 Å². The second-order valence-corrected chi connectivity index (χ2v) is 6.17. The molecule has 0 aliphatic carbocycles. The number of methoxy groups -OCH3 is 2. The van der Waals surface area contributed by atoms with Crippen LogP contribution < -0.4 is 19.7 Å². The molecule has 1 N–H and O–H groups in total. The summed E-state index contributed by atoms with van der Waals surface area (Å²) in [5, 5.41) is 2.91. The quantitative estimate of drug-likeness (QED) is 0.865. The number of nitrogens with zero attached hydrogens (tertiary/aromatic N) is 1. The van der Waals surface area contributed by atoms with E-state index in [2.05, 4.69) is 5.32 Å². The minimum Gasteiger partial charge on any atom is -0.497 e. The van der Waals surface area contributed by atoms with Gasteiger partial charge >= 0.3 is 0 Å². The van der Waals surface area contributed by atoms with Crippen LogP contribution in [0.3, 0.4) is 0 Å². The summed E-state index contributed by atoms with van der Waals surface area (Å²) in [6, 6.07) is 14.8. The fourth-order valence-electron chi connectivity index (χ4n) is 3.01. The summed E-state index contributed by atoms with van der Waals surface area (Å²) in [7, 11) is 3.20. The lowest BCUT2D eigenvalue weighted by atomic mass is 10.1. The Kier molecular flexibility index (Phi) is 5.41. The normalized spacial score (nSPS) is 16.5. The van der Waals surface area contributed by atoms with Crippen LogP contribution in [0.15, 0.2) is 48.5 Å². The Morgan fingerprint density at radius 1 is 1.12 bits per heavy atom. The molecule has 26 heavy (non-hydrogen) atoms. The highest BCUT2D eigenvalue weighted by Crippen LogP contribution is 2.27. The molecule has 0 radical (unpaired) electrons. The molecule has 6 nitrogen and oxygen atoms in total. The average Bonchev–Trinajstić information content (AvgIpc) is 3.08. The van der Waals surface area contributed by atoms with E-state index < -0.39 is 0 Å². The molecule has 0 aromatic heterocycles. The molecule has 1 unspecified atom stereocenters. The zero-order valence-electron chi connectivity index (χ0n) is 14.9. The molecule has 1 aliphatic rings. The van der Waals surface area contributed by atoms with Gasteiger partial charge in [-0.05, 0) is 42.0 Å². The molecule has 6 heteroatoms. The Bertz CT molecular complexity index is 789. The Labute approximate surface area is 152 Å². The lowest BCUT2D eigenvalue weighted by molar-refractivity contribution is -0.126. The SMILES string of the molecule is COc1ccc(N2CC(C(=O)NCc3cccc(OC)c3)CC2=O)cc1. The van der Waals surface area contributed by atoms with Crippen molar-refractivity contribution in [1.82, 2.24) is 5.32 Å². The summed E-state index contributed by atoms with van der Waals surface area (Å²) in [5.74, 6) is 0.968. The van der Waals surface area contributed by atoms with Crippen molar-refractivity contribution in [2.24, 2.45) is 5.92 Å². The molecule has 0 spiro atoms. The van der Waals surface area contributed by atoms with E-state index in [9.17, 15) is 9.59 Å². The van der Waals surface area contributed by atoms with Gasteiger partial charge in [-0.25, -0.2) is 0 Å². The molecule has 2 aromatic rings. The minimum atomic E-state index is -0.352. The molecule has 0 saturated carbocycles. The standard InChI is InChI=1S/C20H22N2O4/c1-25-17-8-6-16(7-9-17)22-13-15(11-19(22)23)20(24)21-12-14-4-3-5-18(10-14)26-2/h3-10,15H,11-13H2,1-2H3,(H,21,24). The Morgan fingerprint density at radius 2 is 1.85 bits per heavy atom. The predicted molar refractivity (Wildman–Crippen MR) is 98.3 cm³/mol. The number of ether oxygens (including phenoxy) is 2. The maximum atomic E-state index is 12.5. The van der Waals surface area contributed by atoms with Gasteiger partial charge in [0.2, 0.25) is 11.8 Å². The first-order valence-electron chi connectivity index (χ1n) is 8.46. The Balaban J connectivity index is 1.59. The summed E-state index contributed by atoms with van der Waals surface area (Å²) in [5.41, 5.74) is 1.73. The van der Waals surface area contributed by atoms with Crippen molar-refractivity contribution in [3.05, 3.63) is 54.1 Å². The first-order valence-corrected chi connectivity index (χ1v) is 8.46. The van der Waals surface area contributed by atoms with Gasteiger partial charge in [-0.2, -0.15) is 0 Å². The van der Waals surface area contributed by atoms with Crippen LogP contribution in [0.25, 0.3) is 0 Å². The second kappa shape index (κ2) is 7.91. The fraction of sp³-hybridized carbons (Fsp3) is 0.300. The van der Waals surface area contributed by atoms with Crippen LogP contribution in [0.5, 0.6) is 11.5 Å². The van der Waals surface area contributed by atoms with E-state index >= 15 is 0 Å². The first-order chi connectivity index (χ1) is 12.6. The molecule has 1 heterocycles. The number of amides is 2. The van der Waals surface area contributed by atoms with E-state index in [4.69, 9.17) is 9.47 Å². The van der Waals surface area contributed by atoms with Crippen LogP contribution in [0, 0.1) is 5.92 Å². The van der Waals surface area contributed by atoms with E-state index in [1.54, 1.807) is 31.3 Å². The van der Waals surface area contributed by atoms with Crippen molar-refractivity contribution in [3.63, 3.8) is 0 Å². The monoisotopic (exact) mass is 354 g/mol. The number of carbonyl (C=O) groups excluding carboxylic acids is 2. The van der Waals surface area contributed by atoms with Gasteiger partial charge in [0.15, 0.2) is 0 Å². The van der Waals surface area contributed by atoms with Gasteiger partial charge in [0.1, 0.15) is 11.5 Å². The van der Waals surface area contributed by atoms with Crippen molar-refractivity contribution in [2.45, 2.75) is 13.0 Å². The van der Waals surface area contributed by atoms with E-state index in [1.807, 2.05) is 36.4 Å². The number of anilines is 1. The van der Waals surface area contributed by atoms with Crippen LogP contribution in [-0.2, 0) is 16.1 Å². The largest absolute Gasteiger partial charge is 0.497 e. The molecule has 1 saturated heterocycles. The zero-order chi connectivity index (χ0) is 18.5. The third-order valence-corrected chi connectivity index (χ3v) is 4.48. The van der Waals surface area contributed by atoms with E-state index in [-0.39, 0.29) is 24.2 Å². The second-order valence-electron chi connectivity index (χ2n) is 6.17. The van der Waals surface area contributed by atoms with E-state index in [0.29, 0.717) is 13.1 Å². The zero-order valence-corrected chi connectivity index (χ0v) is 14.9. The summed E-state index contributed by atoms with van der Waals surface area (Å²) < 4.78 is 10.3. The number of hydrogen-bond donors (Lipinski definition) is 1. The molecule has 2 aromatic carbocycles. The topological polar surface area (TPSA) is 67.9 Å². The van der Waals surface area contributed by atoms with Crippen molar-refractivity contribution >= 4 is 17.5 Å². The summed E-state index contributed by atoms with van der Waals surface area (Å²) in [6.07, 6.45) is 0.218. The summed E-state index contributed by atoms with van der Waals surface area (Å²) in [4.78, 5) is 26.4. The molecule has 1 atom stereocenters. The van der Waals surface area contributed by atoms with Gasteiger partial charge in [0, 0.05) is 25.2 Å². The highest BCUT2D eigenvalue weighted by Gasteiger charge is 2.34. The number of rotatable bonds is 6. The fourth-order valence-corrected chi connectivity index (χ4v) is 3.01. The van der Waals surface area contributed by atoms with Crippen LogP contribution in [0.1, 0.15) is 12.0 Å². The lowest BCUT2D eigenvalue weighted by Gasteiger charge is -2.17. The number of nitrogens with one attached hydrogen (secondary N) is 1. The molecule has 0 bridgehead atoms. The molecule has 1 aliphatic heterocycles. The summed E-state index contributed by atoms with van der Waals surface area (Å²) >= 11 is 0. The third kappa shape index (κ3) is 3.96. The Hall–Kier alpha value is -3.02. The number of hydrogen-bond acceptors (Lipinski definition) is 4. The maximum absolute atomic E-state index is 12.5. The summed E-state index contributed by atoms with van der Waals surface area (Å²) in [6.45, 7) is 0.790. The van der Waals surface area contributed by atoms with Crippen LogP contribution in [-0.4, -0.2) is 32.6 Å². The van der Waals surface area contributed by atoms with Gasteiger partial charge < -0.3 is 19.7 Å². The molecule has 1 fully saturated rings. The van der Waals surface area contributed by atoms with Gasteiger partial charge in [0.25, 0.3) is 0 Å². The number of benzene rings is 2. The van der Waals surface area contributed by atoms with Gasteiger partial charge in [-0.3, -0.25) is 9.59 Å². The van der Waals surface area contributed by atoms with Gasteiger partial charge in [0.05, 0.1) is 20.1 Å². The third-order valence-electron chi connectivity index (χ3n) is 4.48. The average molecular weight is 354 g/mol. The van der Waals surface area contributed by atoms with E-state index in [1.165, 1.54) is 0 Å². The van der Waals surface area contributed by atoms with E-state index in [0.717, 1.165) is 22.7 Å². The first kappa shape index (κ1) is 17.8. The lowest BCUT2D eigenvalue weighted by Crippen LogP contribution is -2.32. The molecule has 2 amide bonds. The van der Waals surface area contributed by atoms with Gasteiger partial charge in [-0.15, -0.1) is 0 Å². The maximum Gasteiger partial charge on any atom is 0.227 e. The van der Waals surface area contributed by atoms with Crippen molar-refractivity contribution < 1.29 is 19.1 Å². The predicted octanol–water partition coefficient (Wildman–Crippen LogP) is 2.37. The highest BCUT2D eigenvalue weighted by molar-refractivity contribution is 6.00. The Morgan fingerprint density at radius 3 is 2.54 bits per heavy atom. The highest BCUT2D eigenvalue weighted by atomic mass is 16.5. The number of carbonyl (C=O) groups is 2. The molecular formula is C20H22N2O4. The minimum absolute atomic E-state index is 0.0447. The van der Waals surface area contributed by atoms with Crippen LogP contribution >= 0.6 is 0 Å². The van der Waals surface area contributed by atoms with Crippen molar-refractivity contribution in [2.75, 3.05) is 25.7 Å². The molecular weight excluding hydrogens is 332 g/mol. The smallest absolute Gasteiger partial charge is 0.227 e. The molecule has 3 rings (SSSR count). The van der Waals surface area contributed by atoms with Crippen molar-refractivity contribution in [1.29, 1.82) is 0 Å².